The molecule has 0 spiro atoms. The van der Waals surface area contributed by atoms with Crippen LogP contribution in [0.1, 0.15) is 25.8 Å². The molecule has 0 bridgehead atoms. The summed E-state index contributed by atoms with van der Waals surface area (Å²) in [5.74, 6) is -0.201. The van der Waals surface area contributed by atoms with E-state index in [-0.39, 0.29) is 11.9 Å². The van der Waals surface area contributed by atoms with Crippen LogP contribution < -0.4 is 5.32 Å². The van der Waals surface area contributed by atoms with E-state index in [1.807, 2.05) is 18.2 Å². The Labute approximate surface area is 105 Å². The van der Waals surface area contributed by atoms with Crippen LogP contribution in [0.5, 0.6) is 0 Å². The average Bonchev–Trinajstić information content (AvgIpc) is 2.25. The van der Waals surface area contributed by atoms with Crippen molar-refractivity contribution >= 4 is 22.0 Å². The minimum Gasteiger partial charge on any atom is -0.311 e. The van der Waals surface area contributed by atoms with Crippen LogP contribution in [0.15, 0.2) is 28.7 Å². The molecule has 1 nitrogen and oxygen atoms in total. The number of nitrogens with one attached hydrogen (secondary N) is 1. The molecule has 88 valence electrons. The van der Waals surface area contributed by atoms with Crippen molar-refractivity contribution in [3.63, 3.8) is 0 Å². The Morgan fingerprint density at radius 1 is 1.50 bits per heavy atom. The quantitative estimate of drug-likeness (QED) is 0.863. The summed E-state index contributed by atoms with van der Waals surface area (Å²) in [5, 5.41) is 3.31. The molecule has 1 unspecified atom stereocenters. The predicted molar refractivity (Wildman–Crippen MR) is 70.9 cm³/mol. The summed E-state index contributed by atoms with van der Waals surface area (Å²) in [6.07, 6.45) is 4.89. The van der Waals surface area contributed by atoms with Crippen molar-refractivity contribution in [1.82, 2.24) is 5.32 Å². The van der Waals surface area contributed by atoms with Gasteiger partial charge in [-0.05, 0) is 32.0 Å². The monoisotopic (exact) mass is 285 g/mol. The second-order valence-electron chi connectivity index (χ2n) is 3.77. The summed E-state index contributed by atoms with van der Waals surface area (Å²) in [7, 11) is 0. The van der Waals surface area contributed by atoms with Gasteiger partial charge in [0.05, 0.1) is 0 Å². The average molecular weight is 286 g/mol. The number of hydrogen-bond acceptors (Lipinski definition) is 1. The highest BCUT2D eigenvalue weighted by atomic mass is 79.9. The Morgan fingerprint density at radius 3 is 2.88 bits per heavy atom. The molecule has 0 amide bonds. The zero-order chi connectivity index (χ0) is 12.0. The molecule has 1 N–H and O–H groups in total. The van der Waals surface area contributed by atoms with E-state index in [9.17, 15) is 4.39 Å². The fourth-order valence-corrected chi connectivity index (χ4v) is 1.66. The molecule has 1 atom stereocenters. The van der Waals surface area contributed by atoms with Gasteiger partial charge in [-0.15, -0.1) is 0 Å². The highest BCUT2D eigenvalue weighted by Gasteiger charge is 2.00. The predicted octanol–water partition coefficient (Wildman–Crippen LogP) is 3.99. The van der Waals surface area contributed by atoms with Crippen molar-refractivity contribution in [3.8, 4) is 0 Å². The fraction of sp³-hybridized carbons (Fsp3) is 0.385. The first-order valence-corrected chi connectivity index (χ1v) is 6.29. The van der Waals surface area contributed by atoms with E-state index in [2.05, 4.69) is 35.1 Å². The van der Waals surface area contributed by atoms with E-state index in [1.54, 1.807) is 6.07 Å². The second kappa shape index (κ2) is 6.81. The third-order valence-corrected chi connectivity index (χ3v) is 2.74. The molecule has 3 heteroatoms. The van der Waals surface area contributed by atoms with Crippen LogP contribution in [0.4, 0.5) is 4.39 Å². The summed E-state index contributed by atoms with van der Waals surface area (Å²) in [5.41, 5.74) is 0.619. The third kappa shape index (κ3) is 4.45. The lowest BCUT2D eigenvalue weighted by atomic mass is 10.1. The van der Waals surface area contributed by atoms with Gasteiger partial charge in [0.1, 0.15) is 5.82 Å². The summed E-state index contributed by atoms with van der Waals surface area (Å²) in [6.45, 7) is 5.16. The van der Waals surface area contributed by atoms with Gasteiger partial charge in [0.25, 0.3) is 0 Å². The van der Waals surface area contributed by atoms with Crippen molar-refractivity contribution < 1.29 is 4.39 Å². The van der Waals surface area contributed by atoms with Gasteiger partial charge >= 0.3 is 0 Å². The Balaban J connectivity index is 2.61. The Bertz CT molecular complexity index is 363. The molecular weight excluding hydrogens is 269 g/mol. The SMILES string of the molecule is CCCNC(C)/C=C/c1ccc(Br)cc1F. The molecule has 1 aromatic rings. The molecule has 16 heavy (non-hydrogen) atoms. The van der Waals surface area contributed by atoms with Crippen molar-refractivity contribution in [3.05, 3.63) is 40.1 Å². The lowest BCUT2D eigenvalue weighted by molar-refractivity contribution is 0.620. The van der Waals surface area contributed by atoms with Crippen molar-refractivity contribution in [2.75, 3.05) is 6.54 Å². The van der Waals surface area contributed by atoms with Gasteiger partial charge < -0.3 is 5.32 Å². The van der Waals surface area contributed by atoms with Crippen LogP contribution in [-0.2, 0) is 0 Å². The van der Waals surface area contributed by atoms with E-state index >= 15 is 0 Å². The molecule has 0 radical (unpaired) electrons. The first-order valence-electron chi connectivity index (χ1n) is 5.50. The molecule has 0 aliphatic heterocycles. The zero-order valence-electron chi connectivity index (χ0n) is 9.63. The molecule has 0 fully saturated rings. The van der Waals surface area contributed by atoms with Crippen LogP contribution in [0.2, 0.25) is 0 Å². The maximum absolute atomic E-state index is 13.5. The smallest absolute Gasteiger partial charge is 0.131 e. The van der Waals surface area contributed by atoms with Crippen molar-refractivity contribution in [2.45, 2.75) is 26.3 Å². The summed E-state index contributed by atoms with van der Waals surface area (Å²) in [4.78, 5) is 0. The van der Waals surface area contributed by atoms with Crippen LogP contribution >= 0.6 is 15.9 Å². The number of hydrogen-bond donors (Lipinski definition) is 1. The molecule has 1 aromatic carbocycles. The molecule has 0 heterocycles. The fourth-order valence-electron chi connectivity index (χ4n) is 1.32. The lowest BCUT2D eigenvalue weighted by Crippen LogP contribution is -2.24. The Kier molecular flexibility index (Phi) is 5.71. The van der Waals surface area contributed by atoms with Gasteiger partial charge in [-0.1, -0.05) is 41.1 Å². The largest absolute Gasteiger partial charge is 0.311 e. The molecule has 1 rings (SSSR count). The van der Waals surface area contributed by atoms with Gasteiger partial charge in [0.15, 0.2) is 0 Å². The number of benzene rings is 1. The topological polar surface area (TPSA) is 12.0 Å². The molecule has 0 saturated carbocycles. The van der Waals surface area contributed by atoms with Gasteiger partial charge in [-0.2, -0.15) is 0 Å². The molecule has 0 aliphatic carbocycles. The minimum atomic E-state index is -0.201. The van der Waals surface area contributed by atoms with Crippen molar-refractivity contribution in [1.29, 1.82) is 0 Å². The van der Waals surface area contributed by atoms with Gasteiger partial charge in [0.2, 0.25) is 0 Å². The minimum absolute atomic E-state index is 0.201. The van der Waals surface area contributed by atoms with E-state index in [0.717, 1.165) is 17.4 Å². The van der Waals surface area contributed by atoms with Gasteiger partial charge in [-0.3, -0.25) is 0 Å². The lowest BCUT2D eigenvalue weighted by Gasteiger charge is -2.07. The molecule has 0 aromatic heterocycles. The summed E-state index contributed by atoms with van der Waals surface area (Å²) in [6, 6.07) is 5.35. The first-order chi connectivity index (χ1) is 7.63. The highest BCUT2D eigenvalue weighted by molar-refractivity contribution is 9.10. The molecule has 0 aliphatic rings. The zero-order valence-corrected chi connectivity index (χ0v) is 11.2. The summed E-state index contributed by atoms with van der Waals surface area (Å²) < 4.78 is 14.2. The Hall–Kier alpha value is -0.670. The maximum atomic E-state index is 13.5. The van der Waals surface area contributed by atoms with Crippen molar-refractivity contribution in [2.24, 2.45) is 0 Å². The van der Waals surface area contributed by atoms with Gasteiger partial charge in [-0.25, -0.2) is 4.39 Å². The molecule has 0 saturated heterocycles. The van der Waals surface area contributed by atoms with E-state index in [0.29, 0.717) is 5.56 Å². The van der Waals surface area contributed by atoms with E-state index in [1.165, 1.54) is 6.07 Å². The Morgan fingerprint density at radius 2 is 2.25 bits per heavy atom. The normalized spacial score (nSPS) is 13.2. The van der Waals surface area contributed by atoms with Crippen LogP contribution in [0.3, 0.4) is 0 Å². The van der Waals surface area contributed by atoms with Crippen LogP contribution in [0, 0.1) is 5.82 Å². The molecular formula is C13H17BrFN. The summed E-state index contributed by atoms with van der Waals surface area (Å²) >= 11 is 3.23. The maximum Gasteiger partial charge on any atom is 0.131 e. The van der Waals surface area contributed by atoms with E-state index in [4.69, 9.17) is 0 Å². The standard InChI is InChI=1S/C13H17BrFN/c1-3-8-16-10(2)4-5-11-6-7-12(14)9-13(11)15/h4-7,9-10,16H,3,8H2,1-2H3/b5-4+. The third-order valence-electron chi connectivity index (χ3n) is 2.24. The van der Waals surface area contributed by atoms with E-state index < -0.39 is 0 Å². The van der Waals surface area contributed by atoms with Gasteiger partial charge in [0, 0.05) is 16.1 Å². The highest BCUT2D eigenvalue weighted by Crippen LogP contribution is 2.16. The number of rotatable bonds is 5. The van der Waals surface area contributed by atoms with Crippen LogP contribution in [-0.4, -0.2) is 12.6 Å². The second-order valence-corrected chi connectivity index (χ2v) is 4.68. The first kappa shape index (κ1) is 13.4. The van der Waals surface area contributed by atoms with Crippen LogP contribution in [0.25, 0.3) is 6.08 Å². The number of halogens is 2.